The number of hydrogen-bond donors (Lipinski definition) is 2. The lowest BCUT2D eigenvalue weighted by molar-refractivity contribution is 0.374. The molecule has 0 unspecified atom stereocenters. The van der Waals surface area contributed by atoms with Crippen LogP contribution in [0, 0.1) is 6.92 Å². The molecule has 0 bridgehead atoms. The first-order chi connectivity index (χ1) is 10.6. The lowest BCUT2D eigenvalue weighted by atomic mass is 10.1. The number of phenolic OH excluding ortho intramolecular Hbond substituents is 1. The molecule has 1 heterocycles. The average Bonchev–Trinajstić information content (AvgIpc) is 2.51. The molecule has 1 aromatic heterocycles. The summed E-state index contributed by atoms with van der Waals surface area (Å²) in [6.45, 7) is 3.95. The summed E-state index contributed by atoms with van der Waals surface area (Å²) in [5, 5.41) is 14.4. The SMILES string of the molecule is [CH2]c1ccc(Cl)cc1Nc1ncnc2cc(OC)c(O)cc12. The second-order valence-electron chi connectivity index (χ2n) is 4.69. The second kappa shape index (κ2) is 5.69. The van der Waals surface area contributed by atoms with Crippen molar-refractivity contribution in [2.75, 3.05) is 12.4 Å². The molecule has 3 rings (SSSR count). The molecule has 1 radical (unpaired) electrons. The van der Waals surface area contributed by atoms with Gasteiger partial charge in [-0.05, 0) is 30.7 Å². The first-order valence-corrected chi connectivity index (χ1v) is 6.86. The second-order valence-corrected chi connectivity index (χ2v) is 5.13. The van der Waals surface area contributed by atoms with Crippen LogP contribution in [0.1, 0.15) is 5.56 Å². The van der Waals surface area contributed by atoms with Crippen molar-refractivity contribution in [2.45, 2.75) is 0 Å². The first kappa shape index (κ1) is 14.4. The zero-order chi connectivity index (χ0) is 15.7. The maximum atomic E-state index is 9.96. The first-order valence-electron chi connectivity index (χ1n) is 6.48. The number of rotatable bonds is 3. The van der Waals surface area contributed by atoms with Gasteiger partial charge in [-0.3, -0.25) is 0 Å². The minimum atomic E-state index is 0.0220. The van der Waals surface area contributed by atoms with Crippen LogP contribution < -0.4 is 10.1 Å². The van der Waals surface area contributed by atoms with Crippen molar-refractivity contribution in [1.82, 2.24) is 9.97 Å². The van der Waals surface area contributed by atoms with Crippen LogP contribution in [0.15, 0.2) is 36.7 Å². The van der Waals surface area contributed by atoms with Crippen molar-refractivity contribution in [3.05, 3.63) is 54.2 Å². The molecule has 0 spiro atoms. The van der Waals surface area contributed by atoms with Crippen LogP contribution in [0.2, 0.25) is 5.02 Å². The van der Waals surface area contributed by atoms with Crippen molar-refractivity contribution in [2.24, 2.45) is 0 Å². The van der Waals surface area contributed by atoms with Crippen LogP contribution in [0.25, 0.3) is 10.9 Å². The van der Waals surface area contributed by atoms with Gasteiger partial charge in [0, 0.05) is 22.2 Å². The normalized spacial score (nSPS) is 10.7. The Balaban J connectivity index is 2.11. The highest BCUT2D eigenvalue weighted by atomic mass is 35.5. The van der Waals surface area contributed by atoms with E-state index in [9.17, 15) is 5.11 Å². The number of aromatic hydroxyl groups is 1. The Morgan fingerprint density at radius 3 is 2.82 bits per heavy atom. The minimum Gasteiger partial charge on any atom is -0.504 e. The fourth-order valence-electron chi connectivity index (χ4n) is 2.13. The molecule has 6 heteroatoms. The van der Waals surface area contributed by atoms with E-state index in [2.05, 4.69) is 22.2 Å². The summed E-state index contributed by atoms with van der Waals surface area (Å²) in [5.41, 5.74) is 2.18. The lowest BCUT2D eigenvalue weighted by Crippen LogP contribution is -1.98. The largest absolute Gasteiger partial charge is 0.504 e. The third-order valence-corrected chi connectivity index (χ3v) is 3.50. The van der Waals surface area contributed by atoms with Gasteiger partial charge >= 0.3 is 0 Å². The molecule has 0 aliphatic carbocycles. The Bertz CT molecular complexity index is 852. The van der Waals surface area contributed by atoms with Crippen LogP contribution in [0.4, 0.5) is 11.5 Å². The number of methoxy groups -OCH3 is 1. The molecule has 0 fully saturated rings. The molecule has 0 amide bonds. The summed E-state index contributed by atoms with van der Waals surface area (Å²) in [6, 6.07) is 8.56. The predicted molar refractivity (Wildman–Crippen MR) is 86.9 cm³/mol. The molecule has 0 saturated carbocycles. The van der Waals surface area contributed by atoms with E-state index in [1.165, 1.54) is 13.4 Å². The summed E-state index contributed by atoms with van der Waals surface area (Å²) in [4.78, 5) is 8.41. The van der Waals surface area contributed by atoms with Gasteiger partial charge in [0.25, 0.3) is 0 Å². The Kier molecular flexibility index (Phi) is 3.73. The summed E-state index contributed by atoms with van der Waals surface area (Å²) in [6.07, 6.45) is 1.44. The zero-order valence-corrected chi connectivity index (χ0v) is 12.6. The molecule has 2 N–H and O–H groups in total. The van der Waals surface area contributed by atoms with Crippen molar-refractivity contribution in [3.63, 3.8) is 0 Å². The smallest absolute Gasteiger partial charge is 0.162 e. The van der Waals surface area contributed by atoms with Crippen LogP contribution in [-0.2, 0) is 0 Å². The van der Waals surface area contributed by atoms with E-state index in [4.69, 9.17) is 16.3 Å². The van der Waals surface area contributed by atoms with E-state index < -0.39 is 0 Å². The summed E-state index contributed by atoms with van der Waals surface area (Å²) < 4.78 is 5.09. The molecular formula is C16H13ClN3O2. The number of fused-ring (bicyclic) bond motifs is 1. The van der Waals surface area contributed by atoms with E-state index in [0.717, 1.165) is 11.3 Å². The highest BCUT2D eigenvalue weighted by Crippen LogP contribution is 2.34. The van der Waals surface area contributed by atoms with E-state index in [0.29, 0.717) is 27.5 Å². The van der Waals surface area contributed by atoms with Crippen LogP contribution in [-0.4, -0.2) is 22.2 Å². The van der Waals surface area contributed by atoms with Crippen molar-refractivity contribution in [3.8, 4) is 11.5 Å². The zero-order valence-electron chi connectivity index (χ0n) is 11.8. The van der Waals surface area contributed by atoms with Gasteiger partial charge in [0.15, 0.2) is 11.5 Å². The maximum absolute atomic E-state index is 9.96. The van der Waals surface area contributed by atoms with Gasteiger partial charge in [0.2, 0.25) is 0 Å². The van der Waals surface area contributed by atoms with Crippen LogP contribution in [0.3, 0.4) is 0 Å². The standard InChI is InChI=1S/C16H13ClN3O2/c1-9-3-4-10(17)5-12(9)20-16-11-6-14(21)15(22-2)7-13(11)18-8-19-16/h3-8,21H,1H2,2H3,(H,18,19,20). The Morgan fingerprint density at radius 1 is 1.23 bits per heavy atom. The molecule has 5 nitrogen and oxygen atoms in total. The number of anilines is 2. The number of ether oxygens (including phenoxy) is 1. The fourth-order valence-corrected chi connectivity index (χ4v) is 2.30. The number of hydrogen-bond acceptors (Lipinski definition) is 5. The van der Waals surface area contributed by atoms with E-state index >= 15 is 0 Å². The van der Waals surface area contributed by atoms with Crippen LogP contribution >= 0.6 is 11.6 Å². The van der Waals surface area contributed by atoms with Gasteiger partial charge in [-0.2, -0.15) is 0 Å². The maximum Gasteiger partial charge on any atom is 0.162 e. The Hall–Kier alpha value is -2.53. The number of nitrogens with zero attached hydrogens (tertiary/aromatic N) is 2. The number of aromatic nitrogens is 2. The molecule has 3 aromatic rings. The van der Waals surface area contributed by atoms with Gasteiger partial charge in [-0.25, -0.2) is 9.97 Å². The quantitative estimate of drug-likeness (QED) is 0.767. The highest BCUT2D eigenvalue weighted by molar-refractivity contribution is 6.30. The van der Waals surface area contributed by atoms with E-state index in [1.807, 2.05) is 6.07 Å². The Labute approximate surface area is 132 Å². The van der Waals surface area contributed by atoms with Gasteiger partial charge in [-0.1, -0.05) is 17.7 Å². The molecule has 0 saturated heterocycles. The Morgan fingerprint density at radius 2 is 2.05 bits per heavy atom. The van der Waals surface area contributed by atoms with Gasteiger partial charge in [0.05, 0.1) is 12.6 Å². The van der Waals surface area contributed by atoms with E-state index in [-0.39, 0.29) is 5.75 Å². The molecule has 2 aromatic carbocycles. The summed E-state index contributed by atoms with van der Waals surface area (Å²) in [5.74, 6) is 0.932. The number of nitrogens with one attached hydrogen (secondary N) is 1. The third-order valence-electron chi connectivity index (χ3n) is 3.26. The number of halogens is 1. The number of phenols is 1. The predicted octanol–water partition coefficient (Wildman–Crippen LogP) is 3.92. The van der Waals surface area contributed by atoms with Crippen molar-refractivity contribution < 1.29 is 9.84 Å². The molecular weight excluding hydrogens is 302 g/mol. The molecule has 0 atom stereocenters. The van der Waals surface area contributed by atoms with Gasteiger partial charge < -0.3 is 15.2 Å². The monoisotopic (exact) mass is 314 g/mol. The molecule has 111 valence electrons. The summed E-state index contributed by atoms with van der Waals surface area (Å²) >= 11 is 6.01. The highest BCUT2D eigenvalue weighted by Gasteiger charge is 2.10. The van der Waals surface area contributed by atoms with Crippen molar-refractivity contribution >= 4 is 34.0 Å². The molecule has 0 aliphatic heterocycles. The van der Waals surface area contributed by atoms with Crippen LogP contribution in [0.5, 0.6) is 11.5 Å². The average molecular weight is 315 g/mol. The minimum absolute atomic E-state index is 0.0220. The third kappa shape index (κ3) is 2.63. The lowest BCUT2D eigenvalue weighted by Gasteiger charge is -2.12. The summed E-state index contributed by atoms with van der Waals surface area (Å²) in [7, 11) is 1.49. The molecule has 22 heavy (non-hydrogen) atoms. The van der Waals surface area contributed by atoms with Crippen molar-refractivity contribution in [1.29, 1.82) is 0 Å². The number of benzene rings is 2. The fraction of sp³-hybridized carbons (Fsp3) is 0.0625. The topological polar surface area (TPSA) is 67.3 Å². The van der Waals surface area contributed by atoms with E-state index in [1.54, 1.807) is 24.3 Å². The van der Waals surface area contributed by atoms with Gasteiger partial charge in [-0.15, -0.1) is 0 Å². The molecule has 0 aliphatic rings. The van der Waals surface area contributed by atoms with Gasteiger partial charge in [0.1, 0.15) is 12.1 Å².